The number of para-hydroxylation sites is 1. The Kier molecular flexibility index (Phi) is 5.63. The van der Waals surface area contributed by atoms with E-state index in [0.29, 0.717) is 16.2 Å². The third kappa shape index (κ3) is 4.38. The van der Waals surface area contributed by atoms with Gasteiger partial charge in [0.2, 0.25) is 0 Å². The second-order valence-corrected chi connectivity index (χ2v) is 9.10. The number of carbonyl (C=O) groups is 1. The molecule has 6 nitrogen and oxygen atoms in total. The lowest BCUT2D eigenvalue weighted by Crippen LogP contribution is -2.26. The van der Waals surface area contributed by atoms with Gasteiger partial charge in [0.25, 0.3) is 10.0 Å². The lowest BCUT2D eigenvalue weighted by atomic mass is 10.2. The van der Waals surface area contributed by atoms with E-state index in [1.807, 2.05) is 24.3 Å². The molecule has 156 valence electrons. The van der Waals surface area contributed by atoms with E-state index in [2.05, 4.69) is 4.98 Å². The number of hydrogen-bond acceptors (Lipinski definition) is 5. The maximum Gasteiger partial charge on any atom is 0.362 e. The Bertz CT molecular complexity index is 1350. The van der Waals surface area contributed by atoms with Crippen molar-refractivity contribution in [3.63, 3.8) is 0 Å². The Morgan fingerprint density at radius 3 is 2.29 bits per heavy atom. The predicted octanol–water partition coefficient (Wildman–Crippen LogP) is 4.93. The van der Waals surface area contributed by atoms with Crippen molar-refractivity contribution in [2.45, 2.75) is 4.90 Å². The van der Waals surface area contributed by atoms with E-state index in [9.17, 15) is 13.2 Å². The fourth-order valence-electron chi connectivity index (χ4n) is 2.97. The summed E-state index contributed by atoms with van der Waals surface area (Å²) < 4.78 is 32.1. The van der Waals surface area contributed by atoms with Gasteiger partial charge in [-0.2, -0.15) is 0 Å². The fourth-order valence-corrected chi connectivity index (χ4v) is 4.29. The smallest absolute Gasteiger partial charge is 0.362 e. The van der Waals surface area contributed by atoms with Crippen molar-refractivity contribution in [2.24, 2.45) is 0 Å². The Labute approximate surface area is 184 Å². The number of rotatable bonds is 5. The molecular formula is C23H17ClN2O4S. The minimum Gasteiger partial charge on any atom is -0.422 e. The zero-order chi connectivity index (χ0) is 22.0. The van der Waals surface area contributed by atoms with Crippen molar-refractivity contribution in [2.75, 3.05) is 11.4 Å². The lowest BCUT2D eigenvalue weighted by Gasteiger charge is -2.19. The van der Waals surface area contributed by atoms with Crippen molar-refractivity contribution in [1.82, 2.24) is 4.98 Å². The summed E-state index contributed by atoms with van der Waals surface area (Å²) in [6.45, 7) is 0. The normalized spacial score (nSPS) is 11.3. The zero-order valence-corrected chi connectivity index (χ0v) is 18.0. The third-order valence-corrected chi connectivity index (χ3v) is 6.74. The monoisotopic (exact) mass is 452 g/mol. The summed E-state index contributed by atoms with van der Waals surface area (Å²) in [5.41, 5.74) is 1.30. The SMILES string of the molecule is CN(c1ccc(OC(=O)c2ccc3ccccc3n2)cc1)S(=O)(=O)c1ccc(Cl)cc1. The molecule has 0 atom stereocenters. The van der Waals surface area contributed by atoms with Crippen LogP contribution in [-0.2, 0) is 10.0 Å². The van der Waals surface area contributed by atoms with Crippen molar-refractivity contribution in [3.8, 4) is 5.75 Å². The molecular weight excluding hydrogens is 436 g/mol. The molecule has 0 bridgehead atoms. The van der Waals surface area contributed by atoms with Crippen molar-refractivity contribution in [1.29, 1.82) is 0 Å². The second-order valence-electron chi connectivity index (χ2n) is 6.70. The Morgan fingerprint density at radius 2 is 1.58 bits per heavy atom. The first-order chi connectivity index (χ1) is 14.8. The number of anilines is 1. The van der Waals surface area contributed by atoms with Crippen LogP contribution in [0.5, 0.6) is 5.75 Å². The van der Waals surface area contributed by atoms with E-state index in [1.54, 1.807) is 24.3 Å². The van der Waals surface area contributed by atoms with E-state index in [4.69, 9.17) is 16.3 Å². The molecule has 1 heterocycles. The maximum atomic E-state index is 12.8. The van der Waals surface area contributed by atoms with Crippen molar-refractivity contribution < 1.29 is 17.9 Å². The third-order valence-electron chi connectivity index (χ3n) is 4.69. The quantitative estimate of drug-likeness (QED) is 0.317. The Balaban J connectivity index is 1.50. The van der Waals surface area contributed by atoms with E-state index in [0.717, 1.165) is 9.69 Å². The van der Waals surface area contributed by atoms with Gasteiger partial charge in [0.05, 0.1) is 16.1 Å². The number of pyridine rings is 1. The Hall–Kier alpha value is -3.42. The molecule has 0 radical (unpaired) electrons. The number of ether oxygens (including phenoxy) is 1. The topological polar surface area (TPSA) is 76.6 Å². The van der Waals surface area contributed by atoms with Gasteiger partial charge in [-0.25, -0.2) is 18.2 Å². The average molecular weight is 453 g/mol. The van der Waals surface area contributed by atoms with E-state index in [-0.39, 0.29) is 16.3 Å². The molecule has 0 aliphatic carbocycles. The highest BCUT2D eigenvalue weighted by atomic mass is 35.5. The largest absolute Gasteiger partial charge is 0.422 e. The average Bonchev–Trinajstić information content (AvgIpc) is 2.79. The van der Waals surface area contributed by atoms with Gasteiger partial charge in [0, 0.05) is 17.5 Å². The van der Waals surface area contributed by atoms with Crippen molar-refractivity contribution in [3.05, 3.63) is 95.6 Å². The molecule has 0 aliphatic heterocycles. The second kappa shape index (κ2) is 8.37. The number of esters is 1. The van der Waals surface area contributed by atoms with Crippen LogP contribution in [0, 0.1) is 0 Å². The van der Waals surface area contributed by atoms with Gasteiger partial charge in [-0.1, -0.05) is 35.9 Å². The molecule has 1 aromatic heterocycles. The number of sulfonamides is 1. The molecule has 4 aromatic rings. The maximum absolute atomic E-state index is 12.8. The Morgan fingerprint density at radius 1 is 0.903 bits per heavy atom. The van der Waals surface area contributed by atoms with Gasteiger partial charge < -0.3 is 4.74 Å². The standard InChI is InChI=1S/C23H17ClN2O4S/c1-26(31(28,29)20-13-7-17(24)8-14-20)18-9-11-19(12-10-18)30-23(27)22-15-6-16-4-2-3-5-21(16)25-22/h2-15H,1H3. The van der Waals surface area contributed by atoms with Gasteiger partial charge in [0.15, 0.2) is 0 Å². The van der Waals surface area contributed by atoms with E-state index >= 15 is 0 Å². The van der Waals surface area contributed by atoms with Gasteiger partial charge in [-0.3, -0.25) is 4.31 Å². The molecule has 31 heavy (non-hydrogen) atoms. The molecule has 0 saturated carbocycles. The summed E-state index contributed by atoms with van der Waals surface area (Å²) in [4.78, 5) is 16.9. The molecule has 0 unspecified atom stereocenters. The van der Waals surface area contributed by atoms with Crippen LogP contribution in [0.1, 0.15) is 10.5 Å². The zero-order valence-electron chi connectivity index (χ0n) is 16.4. The van der Waals surface area contributed by atoms with Gasteiger partial charge in [0.1, 0.15) is 11.4 Å². The molecule has 0 saturated heterocycles. The minimum absolute atomic E-state index is 0.122. The number of aromatic nitrogens is 1. The number of hydrogen-bond donors (Lipinski definition) is 0. The summed E-state index contributed by atoms with van der Waals surface area (Å²) in [6, 6.07) is 23.0. The highest BCUT2D eigenvalue weighted by molar-refractivity contribution is 7.92. The number of benzene rings is 3. The summed E-state index contributed by atoms with van der Waals surface area (Å²) >= 11 is 5.84. The van der Waals surface area contributed by atoms with Gasteiger partial charge in [-0.05, 0) is 60.7 Å². The summed E-state index contributed by atoms with van der Waals surface area (Å²) in [6.07, 6.45) is 0. The first-order valence-corrected chi connectivity index (χ1v) is 11.1. The summed E-state index contributed by atoms with van der Waals surface area (Å²) in [5, 5.41) is 1.38. The first-order valence-electron chi connectivity index (χ1n) is 9.27. The molecule has 0 spiro atoms. The van der Waals surface area contributed by atoms with Crippen LogP contribution < -0.4 is 9.04 Å². The van der Waals surface area contributed by atoms with Crippen LogP contribution >= 0.6 is 11.6 Å². The van der Waals surface area contributed by atoms with Gasteiger partial charge in [-0.15, -0.1) is 0 Å². The van der Waals surface area contributed by atoms with Crippen LogP contribution in [0.25, 0.3) is 10.9 Å². The highest BCUT2D eigenvalue weighted by Gasteiger charge is 2.21. The molecule has 0 amide bonds. The molecule has 4 rings (SSSR count). The van der Waals surface area contributed by atoms with Gasteiger partial charge >= 0.3 is 5.97 Å². The van der Waals surface area contributed by atoms with Crippen LogP contribution in [0.4, 0.5) is 5.69 Å². The number of fused-ring (bicyclic) bond motifs is 1. The van der Waals surface area contributed by atoms with Crippen LogP contribution in [0.15, 0.2) is 89.8 Å². The van der Waals surface area contributed by atoms with E-state index < -0.39 is 16.0 Å². The molecule has 0 N–H and O–H groups in total. The first kappa shape index (κ1) is 20.8. The molecule has 3 aromatic carbocycles. The summed E-state index contributed by atoms with van der Waals surface area (Å²) in [5.74, 6) is -0.318. The fraction of sp³-hybridized carbons (Fsp3) is 0.0435. The van der Waals surface area contributed by atoms with Crippen LogP contribution in [0.3, 0.4) is 0 Å². The van der Waals surface area contributed by atoms with E-state index in [1.165, 1.54) is 43.4 Å². The minimum atomic E-state index is -3.75. The number of nitrogens with zero attached hydrogens (tertiary/aromatic N) is 2. The molecule has 8 heteroatoms. The predicted molar refractivity (Wildman–Crippen MR) is 120 cm³/mol. The highest BCUT2D eigenvalue weighted by Crippen LogP contribution is 2.25. The van der Waals surface area contributed by atoms with Crippen LogP contribution in [0.2, 0.25) is 5.02 Å². The number of halogens is 1. The summed E-state index contributed by atoms with van der Waals surface area (Å²) in [7, 11) is -2.30. The molecule has 0 aliphatic rings. The lowest BCUT2D eigenvalue weighted by molar-refractivity contribution is 0.0729. The van der Waals surface area contributed by atoms with Crippen molar-refractivity contribution >= 4 is 44.2 Å². The molecule has 0 fully saturated rings. The van der Waals surface area contributed by atoms with Crippen LogP contribution in [-0.4, -0.2) is 26.4 Å². The number of carbonyl (C=O) groups excluding carboxylic acids is 1.